The Labute approximate surface area is 92.3 Å². The smallest absolute Gasteiger partial charge is 0.332 e. The molecule has 0 saturated heterocycles. The molecule has 1 atom stereocenters. The van der Waals surface area contributed by atoms with Gasteiger partial charge in [0, 0.05) is 32.1 Å². The third-order valence-corrected chi connectivity index (χ3v) is 2.24. The van der Waals surface area contributed by atoms with Crippen LogP contribution in [0.3, 0.4) is 0 Å². The molecule has 1 unspecified atom stereocenters. The third-order valence-electron chi connectivity index (χ3n) is 2.09. The lowest BCUT2D eigenvalue weighted by atomic mass is 10.4. The van der Waals surface area contributed by atoms with E-state index in [1.165, 1.54) is 17.7 Å². The number of hydrogen-bond donors (Lipinski definition) is 1. The van der Waals surface area contributed by atoms with Gasteiger partial charge in [-0.3, -0.25) is 13.9 Å². The van der Waals surface area contributed by atoms with Gasteiger partial charge in [0.05, 0.1) is 0 Å². The summed E-state index contributed by atoms with van der Waals surface area (Å²) in [7, 11) is 3.04. The minimum Gasteiger partial charge on any atom is -0.370 e. The van der Waals surface area contributed by atoms with E-state index in [-0.39, 0.29) is 16.6 Å². The highest BCUT2D eigenvalue weighted by atomic mass is 35.5. The van der Waals surface area contributed by atoms with Crippen LogP contribution in [0.25, 0.3) is 0 Å². The van der Waals surface area contributed by atoms with Gasteiger partial charge in [-0.05, 0) is 6.92 Å². The van der Waals surface area contributed by atoms with E-state index in [1.54, 1.807) is 7.05 Å². The molecule has 0 aliphatic carbocycles. The lowest BCUT2D eigenvalue weighted by molar-refractivity contribution is 0.688. The lowest BCUT2D eigenvalue weighted by Crippen LogP contribution is -2.37. The molecule has 5 nitrogen and oxygen atoms in total. The van der Waals surface area contributed by atoms with E-state index < -0.39 is 0 Å². The van der Waals surface area contributed by atoms with Crippen LogP contribution in [0, 0.1) is 0 Å². The van der Waals surface area contributed by atoms with Gasteiger partial charge in [-0.25, -0.2) is 4.79 Å². The first-order valence-corrected chi connectivity index (χ1v) is 5.02. The Kier molecular flexibility index (Phi) is 3.57. The van der Waals surface area contributed by atoms with Crippen LogP contribution in [0.1, 0.15) is 6.92 Å². The molecule has 84 valence electrons. The first-order valence-electron chi connectivity index (χ1n) is 4.58. The highest BCUT2D eigenvalue weighted by Gasteiger charge is 2.05. The van der Waals surface area contributed by atoms with Crippen LogP contribution in [-0.2, 0) is 14.1 Å². The summed E-state index contributed by atoms with van der Waals surface area (Å²) >= 11 is 5.76. The van der Waals surface area contributed by atoms with Crippen LogP contribution < -0.4 is 16.6 Å². The molecule has 6 heteroatoms. The Balaban J connectivity index is 3.10. The molecule has 1 heterocycles. The molecule has 0 amide bonds. The SMILES string of the molecule is CC(Cl)CNc1cc(=O)n(C)c(=O)n1C. The summed E-state index contributed by atoms with van der Waals surface area (Å²) < 4.78 is 2.43. The van der Waals surface area contributed by atoms with Gasteiger partial charge in [-0.1, -0.05) is 0 Å². The first kappa shape index (κ1) is 11.8. The summed E-state index contributed by atoms with van der Waals surface area (Å²) in [5, 5.41) is 2.87. The largest absolute Gasteiger partial charge is 0.370 e. The standard InChI is InChI=1S/C9H14ClN3O2/c1-6(10)5-11-7-4-8(14)13(3)9(15)12(7)2/h4,6,11H,5H2,1-3H3. The summed E-state index contributed by atoms with van der Waals surface area (Å²) in [5.74, 6) is 0.482. The fourth-order valence-electron chi connectivity index (χ4n) is 1.15. The minimum atomic E-state index is -0.354. The maximum atomic E-state index is 11.5. The van der Waals surface area contributed by atoms with E-state index in [9.17, 15) is 9.59 Å². The molecule has 1 rings (SSSR count). The van der Waals surface area contributed by atoms with Gasteiger partial charge in [0.25, 0.3) is 5.56 Å². The number of nitrogens with one attached hydrogen (secondary N) is 1. The normalized spacial score (nSPS) is 12.5. The number of alkyl halides is 1. The van der Waals surface area contributed by atoms with Crippen molar-refractivity contribution in [3.05, 3.63) is 26.9 Å². The highest BCUT2D eigenvalue weighted by molar-refractivity contribution is 6.20. The van der Waals surface area contributed by atoms with Gasteiger partial charge in [0.15, 0.2) is 0 Å². The van der Waals surface area contributed by atoms with Gasteiger partial charge < -0.3 is 5.32 Å². The van der Waals surface area contributed by atoms with E-state index in [1.807, 2.05) is 6.92 Å². The maximum absolute atomic E-state index is 11.5. The molecular formula is C9H14ClN3O2. The molecule has 0 aliphatic rings. The van der Waals surface area contributed by atoms with E-state index in [4.69, 9.17) is 11.6 Å². The number of halogens is 1. The van der Waals surface area contributed by atoms with Crippen molar-refractivity contribution in [3.63, 3.8) is 0 Å². The Morgan fingerprint density at radius 1 is 1.40 bits per heavy atom. The molecule has 0 saturated carbocycles. The van der Waals surface area contributed by atoms with Crippen LogP contribution in [-0.4, -0.2) is 21.1 Å². The number of hydrogen-bond acceptors (Lipinski definition) is 3. The van der Waals surface area contributed by atoms with E-state index in [0.29, 0.717) is 12.4 Å². The molecule has 0 aromatic carbocycles. The second-order valence-electron chi connectivity index (χ2n) is 3.43. The topological polar surface area (TPSA) is 56.0 Å². The van der Waals surface area contributed by atoms with Crippen molar-refractivity contribution in [3.8, 4) is 0 Å². The molecule has 1 N–H and O–H groups in total. The molecule has 0 aliphatic heterocycles. The summed E-state index contributed by atoms with van der Waals surface area (Å²) in [6, 6.07) is 1.38. The van der Waals surface area contributed by atoms with Gasteiger partial charge in [-0.15, -0.1) is 11.6 Å². The predicted octanol–water partition coefficient (Wildman–Crippen LogP) is 0.123. The fraction of sp³-hybridized carbons (Fsp3) is 0.556. The maximum Gasteiger partial charge on any atom is 0.332 e. The summed E-state index contributed by atoms with van der Waals surface area (Å²) in [6.45, 7) is 2.33. The zero-order chi connectivity index (χ0) is 11.6. The Morgan fingerprint density at radius 2 is 2.00 bits per heavy atom. The van der Waals surface area contributed by atoms with Crippen molar-refractivity contribution in [1.82, 2.24) is 9.13 Å². The monoisotopic (exact) mass is 231 g/mol. The number of anilines is 1. The van der Waals surface area contributed by atoms with Crippen molar-refractivity contribution in [2.24, 2.45) is 14.1 Å². The Morgan fingerprint density at radius 3 is 2.53 bits per heavy atom. The second kappa shape index (κ2) is 4.53. The number of aromatic nitrogens is 2. The van der Waals surface area contributed by atoms with Gasteiger partial charge in [-0.2, -0.15) is 0 Å². The molecule has 0 fully saturated rings. The van der Waals surface area contributed by atoms with Crippen LogP contribution in [0.4, 0.5) is 5.82 Å². The molecular weight excluding hydrogens is 218 g/mol. The van der Waals surface area contributed by atoms with Crippen molar-refractivity contribution < 1.29 is 0 Å². The average Bonchev–Trinajstić information content (AvgIpc) is 2.18. The minimum absolute atomic E-state index is 0.0656. The lowest BCUT2D eigenvalue weighted by Gasteiger charge is -2.12. The number of nitrogens with zero attached hydrogens (tertiary/aromatic N) is 2. The summed E-state index contributed by atoms with van der Waals surface area (Å²) in [5.41, 5.74) is -0.685. The molecule has 0 radical (unpaired) electrons. The molecule has 1 aromatic heterocycles. The van der Waals surface area contributed by atoms with E-state index in [0.717, 1.165) is 4.57 Å². The zero-order valence-electron chi connectivity index (χ0n) is 8.95. The van der Waals surface area contributed by atoms with Crippen molar-refractivity contribution in [2.45, 2.75) is 12.3 Å². The Bertz CT molecular complexity index is 461. The van der Waals surface area contributed by atoms with E-state index >= 15 is 0 Å². The molecule has 15 heavy (non-hydrogen) atoms. The summed E-state index contributed by atoms with van der Waals surface area (Å²) in [4.78, 5) is 22.8. The van der Waals surface area contributed by atoms with Crippen molar-refractivity contribution in [1.29, 1.82) is 0 Å². The van der Waals surface area contributed by atoms with Gasteiger partial charge in [0.1, 0.15) is 5.82 Å². The van der Waals surface area contributed by atoms with Crippen LogP contribution >= 0.6 is 11.6 Å². The second-order valence-corrected chi connectivity index (χ2v) is 4.18. The van der Waals surface area contributed by atoms with Crippen LogP contribution in [0.5, 0.6) is 0 Å². The predicted molar refractivity (Wildman–Crippen MR) is 60.7 cm³/mol. The average molecular weight is 232 g/mol. The molecule has 0 bridgehead atoms. The van der Waals surface area contributed by atoms with Crippen LogP contribution in [0.15, 0.2) is 15.7 Å². The van der Waals surface area contributed by atoms with Crippen molar-refractivity contribution >= 4 is 17.4 Å². The highest BCUT2D eigenvalue weighted by Crippen LogP contribution is 2.00. The third kappa shape index (κ3) is 2.62. The van der Waals surface area contributed by atoms with Crippen LogP contribution in [0.2, 0.25) is 0 Å². The van der Waals surface area contributed by atoms with Gasteiger partial charge >= 0.3 is 5.69 Å². The Hall–Kier alpha value is -1.23. The molecule has 1 aromatic rings. The van der Waals surface area contributed by atoms with Gasteiger partial charge in [0.2, 0.25) is 0 Å². The summed E-state index contributed by atoms with van der Waals surface area (Å²) in [6.07, 6.45) is 0. The quantitative estimate of drug-likeness (QED) is 0.752. The van der Waals surface area contributed by atoms with Crippen molar-refractivity contribution in [2.75, 3.05) is 11.9 Å². The fourth-order valence-corrected chi connectivity index (χ4v) is 1.22. The molecule has 0 spiro atoms. The number of rotatable bonds is 3. The van der Waals surface area contributed by atoms with E-state index in [2.05, 4.69) is 5.32 Å². The first-order chi connectivity index (χ1) is 6.93. The zero-order valence-corrected chi connectivity index (χ0v) is 9.71.